The van der Waals surface area contributed by atoms with Crippen molar-refractivity contribution in [3.8, 4) is 11.8 Å². The Labute approximate surface area is 112 Å². The van der Waals surface area contributed by atoms with Crippen molar-refractivity contribution in [3.05, 3.63) is 28.8 Å². The van der Waals surface area contributed by atoms with Crippen LogP contribution in [0.15, 0.2) is 18.2 Å². The first-order valence-corrected chi connectivity index (χ1v) is 6.37. The van der Waals surface area contributed by atoms with Crippen LogP contribution in [0.2, 0.25) is 5.02 Å². The zero-order valence-electron chi connectivity index (χ0n) is 10.6. The summed E-state index contributed by atoms with van der Waals surface area (Å²) in [6, 6.07) is 8.00. The van der Waals surface area contributed by atoms with Crippen molar-refractivity contribution in [1.29, 1.82) is 5.26 Å². The van der Waals surface area contributed by atoms with Gasteiger partial charge in [-0.2, -0.15) is 5.26 Å². The number of nitriles is 1. The van der Waals surface area contributed by atoms with E-state index in [0.717, 1.165) is 17.7 Å². The molecule has 1 heterocycles. The predicted octanol–water partition coefficient (Wildman–Crippen LogP) is 3.17. The van der Waals surface area contributed by atoms with Gasteiger partial charge in [0.25, 0.3) is 0 Å². The smallest absolute Gasteiger partial charge is 0.120 e. The molecule has 96 valence electrons. The van der Waals surface area contributed by atoms with Gasteiger partial charge < -0.3 is 9.47 Å². The summed E-state index contributed by atoms with van der Waals surface area (Å²) >= 11 is 6.32. The SMILES string of the molecule is CCC(C#N)C1(c2ccc(OC)cc2Cl)COC1. The van der Waals surface area contributed by atoms with Crippen LogP contribution in [0.1, 0.15) is 18.9 Å². The first kappa shape index (κ1) is 13.2. The molecular weight excluding hydrogens is 250 g/mol. The van der Waals surface area contributed by atoms with Crippen LogP contribution in [-0.4, -0.2) is 20.3 Å². The number of hydrogen-bond acceptors (Lipinski definition) is 3. The molecule has 1 unspecified atom stereocenters. The van der Waals surface area contributed by atoms with Crippen molar-refractivity contribution in [1.82, 2.24) is 0 Å². The quantitative estimate of drug-likeness (QED) is 0.840. The molecule has 4 heteroatoms. The summed E-state index contributed by atoms with van der Waals surface area (Å²) in [5.74, 6) is 0.654. The van der Waals surface area contributed by atoms with E-state index >= 15 is 0 Å². The van der Waals surface area contributed by atoms with E-state index in [-0.39, 0.29) is 11.3 Å². The zero-order chi connectivity index (χ0) is 13.2. The summed E-state index contributed by atoms with van der Waals surface area (Å²) in [6.45, 7) is 3.14. The Morgan fingerprint density at radius 3 is 2.67 bits per heavy atom. The van der Waals surface area contributed by atoms with E-state index in [1.54, 1.807) is 13.2 Å². The molecule has 0 amide bonds. The third-order valence-electron chi connectivity index (χ3n) is 3.66. The van der Waals surface area contributed by atoms with Gasteiger partial charge in [-0.15, -0.1) is 0 Å². The Bertz CT molecular complexity index is 477. The van der Waals surface area contributed by atoms with Gasteiger partial charge in [0, 0.05) is 5.02 Å². The van der Waals surface area contributed by atoms with Crippen molar-refractivity contribution < 1.29 is 9.47 Å². The van der Waals surface area contributed by atoms with Crippen LogP contribution >= 0.6 is 11.6 Å². The van der Waals surface area contributed by atoms with E-state index in [0.29, 0.717) is 18.2 Å². The fourth-order valence-electron chi connectivity index (χ4n) is 2.50. The molecule has 0 aliphatic carbocycles. The van der Waals surface area contributed by atoms with Gasteiger partial charge in [-0.3, -0.25) is 0 Å². The summed E-state index contributed by atoms with van der Waals surface area (Å²) in [4.78, 5) is 0. The number of nitrogens with zero attached hydrogens (tertiary/aromatic N) is 1. The Morgan fingerprint density at radius 2 is 2.28 bits per heavy atom. The average Bonchev–Trinajstić information content (AvgIpc) is 2.34. The molecule has 1 aromatic rings. The Morgan fingerprint density at radius 1 is 1.56 bits per heavy atom. The number of halogens is 1. The van der Waals surface area contributed by atoms with Gasteiger partial charge in [-0.25, -0.2) is 0 Å². The largest absolute Gasteiger partial charge is 0.497 e. The molecule has 18 heavy (non-hydrogen) atoms. The molecule has 0 N–H and O–H groups in total. The zero-order valence-corrected chi connectivity index (χ0v) is 11.3. The molecule has 1 aliphatic heterocycles. The number of rotatable bonds is 4. The number of ether oxygens (including phenoxy) is 2. The minimum absolute atomic E-state index is 0.0721. The Hall–Kier alpha value is -1.24. The van der Waals surface area contributed by atoms with Crippen LogP contribution in [0.4, 0.5) is 0 Å². The van der Waals surface area contributed by atoms with Crippen molar-refractivity contribution in [2.45, 2.75) is 18.8 Å². The molecule has 2 rings (SSSR count). The van der Waals surface area contributed by atoms with Crippen LogP contribution in [0.3, 0.4) is 0 Å². The van der Waals surface area contributed by atoms with Gasteiger partial charge in [0.1, 0.15) is 5.75 Å². The van der Waals surface area contributed by atoms with Crippen LogP contribution in [0.25, 0.3) is 0 Å². The average molecular weight is 266 g/mol. The molecule has 0 bridgehead atoms. The Balaban J connectivity index is 2.42. The summed E-state index contributed by atoms with van der Waals surface area (Å²) in [7, 11) is 1.61. The van der Waals surface area contributed by atoms with E-state index in [9.17, 15) is 5.26 Å². The molecule has 1 fully saturated rings. The van der Waals surface area contributed by atoms with E-state index in [1.165, 1.54) is 0 Å². The third kappa shape index (κ3) is 1.96. The fourth-order valence-corrected chi connectivity index (χ4v) is 2.86. The standard InChI is InChI=1S/C14H16ClNO2/c1-3-10(7-16)14(8-18-9-14)12-5-4-11(17-2)6-13(12)15/h4-6,10H,3,8-9H2,1-2H3. The summed E-state index contributed by atoms with van der Waals surface area (Å²) in [6.07, 6.45) is 0.794. The second-order valence-corrected chi connectivity index (χ2v) is 4.99. The topological polar surface area (TPSA) is 42.2 Å². The van der Waals surface area contributed by atoms with E-state index in [2.05, 4.69) is 6.07 Å². The molecule has 1 atom stereocenters. The molecule has 0 aromatic heterocycles. The number of benzene rings is 1. The summed E-state index contributed by atoms with van der Waals surface area (Å²) < 4.78 is 10.5. The van der Waals surface area contributed by atoms with Crippen LogP contribution in [-0.2, 0) is 10.2 Å². The van der Waals surface area contributed by atoms with Gasteiger partial charge in [0.05, 0.1) is 37.7 Å². The highest BCUT2D eigenvalue weighted by Gasteiger charge is 2.47. The van der Waals surface area contributed by atoms with Crippen molar-refractivity contribution in [3.63, 3.8) is 0 Å². The van der Waals surface area contributed by atoms with Crippen LogP contribution < -0.4 is 4.74 Å². The first-order valence-electron chi connectivity index (χ1n) is 5.99. The molecule has 0 spiro atoms. The lowest BCUT2D eigenvalue weighted by Gasteiger charge is -2.45. The highest BCUT2D eigenvalue weighted by atomic mass is 35.5. The van der Waals surface area contributed by atoms with Gasteiger partial charge in [0.15, 0.2) is 0 Å². The summed E-state index contributed by atoms with van der Waals surface area (Å²) in [5.41, 5.74) is 0.733. The second kappa shape index (κ2) is 5.17. The second-order valence-electron chi connectivity index (χ2n) is 4.58. The highest BCUT2D eigenvalue weighted by molar-refractivity contribution is 6.31. The maximum absolute atomic E-state index is 9.31. The van der Waals surface area contributed by atoms with Crippen molar-refractivity contribution >= 4 is 11.6 Å². The van der Waals surface area contributed by atoms with Gasteiger partial charge in [-0.1, -0.05) is 24.6 Å². The molecule has 0 saturated carbocycles. The lowest BCUT2D eigenvalue weighted by molar-refractivity contribution is -0.0804. The monoisotopic (exact) mass is 265 g/mol. The molecule has 0 radical (unpaired) electrons. The maximum atomic E-state index is 9.31. The molecular formula is C14H16ClNO2. The van der Waals surface area contributed by atoms with Crippen LogP contribution in [0, 0.1) is 17.2 Å². The number of methoxy groups -OCH3 is 1. The van der Waals surface area contributed by atoms with Gasteiger partial charge >= 0.3 is 0 Å². The minimum Gasteiger partial charge on any atom is -0.497 e. The van der Waals surface area contributed by atoms with E-state index in [1.807, 2.05) is 19.1 Å². The lowest BCUT2D eigenvalue weighted by atomic mass is 9.68. The minimum atomic E-state index is -0.257. The number of hydrogen-bond donors (Lipinski definition) is 0. The Kier molecular flexibility index (Phi) is 3.79. The third-order valence-corrected chi connectivity index (χ3v) is 3.98. The van der Waals surface area contributed by atoms with E-state index < -0.39 is 0 Å². The fraction of sp³-hybridized carbons (Fsp3) is 0.500. The van der Waals surface area contributed by atoms with E-state index in [4.69, 9.17) is 21.1 Å². The lowest BCUT2D eigenvalue weighted by Crippen LogP contribution is -2.52. The van der Waals surface area contributed by atoms with Crippen LogP contribution in [0.5, 0.6) is 5.75 Å². The van der Waals surface area contributed by atoms with Gasteiger partial charge in [0.2, 0.25) is 0 Å². The normalized spacial score (nSPS) is 18.6. The van der Waals surface area contributed by atoms with Crippen molar-refractivity contribution in [2.24, 2.45) is 5.92 Å². The van der Waals surface area contributed by atoms with Crippen molar-refractivity contribution in [2.75, 3.05) is 20.3 Å². The summed E-state index contributed by atoms with van der Waals surface area (Å²) in [5, 5.41) is 9.95. The molecule has 3 nitrogen and oxygen atoms in total. The molecule has 1 aliphatic rings. The maximum Gasteiger partial charge on any atom is 0.120 e. The first-order chi connectivity index (χ1) is 8.67. The molecule has 1 saturated heterocycles. The molecule has 1 aromatic carbocycles. The predicted molar refractivity (Wildman–Crippen MR) is 69.9 cm³/mol. The van der Waals surface area contributed by atoms with Gasteiger partial charge in [-0.05, 0) is 24.1 Å². The highest BCUT2D eigenvalue weighted by Crippen LogP contribution is 2.44.